The summed E-state index contributed by atoms with van der Waals surface area (Å²) < 4.78 is 0. The maximum Gasteiger partial charge on any atom is 0.0199 e. The van der Waals surface area contributed by atoms with Crippen molar-refractivity contribution in [3.63, 3.8) is 0 Å². The summed E-state index contributed by atoms with van der Waals surface area (Å²) in [6.07, 6.45) is 6.68. The molecule has 0 spiro atoms. The van der Waals surface area contributed by atoms with Crippen LogP contribution in [0, 0.1) is 0 Å². The molecule has 0 radical (unpaired) electrons. The van der Waals surface area contributed by atoms with E-state index in [2.05, 4.69) is 30.8 Å². The van der Waals surface area contributed by atoms with Gasteiger partial charge in [-0.3, -0.25) is 0 Å². The molecule has 1 saturated carbocycles. The molecular formula is C11H24N2S. The number of rotatable bonds is 4. The highest BCUT2D eigenvalue weighted by molar-refractivity contribution is 8.00. The average Bonchev–Trinajstić information content (AvgIpc) is 2.31. The van der Waals surface area contributed by atoms with Crippen LogP contribution >= 0.6 is 11.8 Å². The Bertz CT molecular complexity index is 150. The summed E-state index contributed by atoms with van der Waals surface area (Å²) in [4.78, 5) is 2.25. The second-order valence-electron chi connectivity index (χ2n) is 4.51. The minimum atomic E-state index is 0.449. The Labute approximate surface area is 92.6 Å². The van der Waals surface area contributed by atoms with Gasteiger partial charge in [-0.25, -0.2) is 0 Å². The van der Waals surface area contributed by atoms with Crippen molar-refractivity contribution in [3.05, 3.63) is 0 Å². The fourth-order valence-electron chi connectivity index (χ4n) is 1.90. The molecule has 0 amide bonds. The molecule has 2 atom stereocenters. The van der Waals surface area contributed by atoms with Gasteiger partial charge < -0.3 is 10.6 Å². The third-order valence-electron chi connectivity index (χ3n) is 2.87. The van der Waals surface area contributed by atoms with Crippen LogP contribution in [-0.2, 0) is 0 Å². The number of nitrogens with zero attached hydrogens (tertiary/aromatic N) is 1. The van der Waals surface area contributed by atoms with Crippen LogP contribution in [0.1, 0.15) is 32.1 Å². The highest BCUT2D eigenvalue weighted by atomic mass is 32.2. The summed E-state index contributed by atoms with van der Waals surface area (Å²) in [6.45, 7) is 1.17. The first-order valence-electron chi connectivity index (χ1n) is 5.72. The lowest BCUT2D eigenvalue weighted by Gasteiger charge is -2.21. The van der Waals surface area contributed by atoms with E-state index in [0.29, 0.717) is 6.04 Å². The monoisotopic (exact) mass is 216 g/mol. The first-order chi connectivity index (χ1) is 6.70. The average molecular weight is 216 g/mol. The van der Waals surface area contributed by atoms with Crippen LogP contribution in [0.25, 0.3) is 0 Å². The first-order valence-corrected chi connectivity index (χ1v) is 6.77. The molecule has 1 aliphatic rings. The standard InChI is InChI=1S/C11H24N2S/c1-13(2)8-9-14-11-7-5-3-4-6-10(11)12/h10-11H,3-9,12H2,1-2H3. The lowest BCUT2D eigenvalue weighted by Crippen LogP contribution is -2.32. The third kappa shape index (κ3) is 4.67. The molecule has 1 aliphatic carbocycles. The topological polar surface area (TPSA) is 29.3 Å². The van der Waals surface area contributed by atoms with Crippen LogP contribution in [-0.4, -0.2) is 42.6 Å². The van der Waals surface area contributed by atoms with Crippen molar-refractivity contribution >= 4 is 11.8 Å². The normalized spacial score (nSPS) is 29.1. The van der Waals surface area contributed by atoms with Gasteiger partial charge in [0.05, 0.1) is 0 Å². The van der Waals surface area contributed by atoms with E-state index in [1.807, 2.05) is 0 Å². The maximum absolute atomic E-state index is 6.16. The lowest BCUT2D eigenvalue weighted by molar-refractivity contribution is 0.437. The summed E-state index contributed by atoms with van der Waals surface area (Å²) in [5.41, 5.74) is 6.16. The molecule has 0 saturated heterocycles. The number of thioether (sulfide) groups is 1. The summed E-state index contributed by atoms with van der Waals surface area (Å²) in [7, 11) is 4.27. The molecule has 0 aromatic heterocycles. The Morgan fingerprint density at radius 2 is 1.93 bits per heavy atom. The summed E-state index contributed by atoms with van der Waals surface area (Å²) in [5.74, 6) is 1.23. The summed E-state index contributed by atoms with van der Waals surface area (Å²) in [5, 5.41) is 0.720. The molecule has 1 rings (SSSR count). The number of nitrogens with two attached hydrogens (primary N) is 1. The SMILES string of the molecule is CN(C)CCSC1CCCCCC1N. The third-order valence-corrected chi connectivity index (χ3v) is 4.31. The highest BCUT2D eigenvalue weighted by Crippen LogP contribution is 2.26. The predicted octanol–water partition coefficient (Wildman–Crippen LogP) is 1.94. The Morgan fingerprint density at radius 1 is 1.21 bits per heavy atom. The van der Waals surface area contributed by atoms with E-state index < -0.39 is 0 Å². The molecular weight excluding hydrogens is 192 g/mol. The second kappa shape index (κ2) is 6.70. The van der Waals surface area contributed by atoms with Crippen molar-refractivity contribution in [1.82, 2.24) is 4.90 Å². The van der Waals surface area contributed by atoms with E-state index in [1.54, 1.807) is 0 Å². The van der Waals surface area contributed by atoms with Gasteiger partial charge >= 0.3 is 0 Å². The lowest BCUT2D eigenvalue weighted by atomic mass is 10.1. The molecule has 2 unspecified atom stereocenters. The predicted molar refractivity (Wildman–Crippen MR) is 65.9 cm³/mol. The zero-order valence-electron chi connectivity index (χ0n) is 9.54. The Kier molecular flexibility index (Phi) is 5.90. The molecule has 84 valence electrons. The molecule has 14 heavy (non-hydrogen) atoms. The van der Waals surface area contributed by atoms with Crippen molar-refractivity contribution in [1.29, 1.82) is 0 Å². The molecule has 3 heteroatoms. The van der Waals surface area contributed by atoms with Crippen LogP contribution in [0.4, 0.5) is 0 Å². The van der Waals surface area contributed by atoms with Crippen LogP contribution in [0.15, 0.2) is 0 Å². The van der Waals surface area contributed by atoms with E-state index in [9.17, 15) is 0 Å². The minimum Gasteiger partial charge on any atom is -0.327 e. The van der Waals surface area contributed by atoms with Crippen molar-refractivity contribution in [2.45, 2.75) is 43.4 Å². The van der Waals surface area contributed by atoms with E-state index >= 15 is 0 Å². The molecule has 0 heterocycles. The molecule has 0 aromatic rings. The maximum atomic E-state index is 6.16. The Hall–Kier alpha value is 0.270. The van der Waals surface area contributed by atoms with Gasteiger partial charge in [0.2, 0.25) is 0 Å². The van der Waals surface area contributed by atoms with Gasteiger partial charge in [-0.1, -0.05) is 19.3 Å². The molecule has 0 aromatic carbocycles. The molecule has 2 nitrogen and oxygen atoms in total. The van der Waals surface area contributed by atoms with Crippen molar-refractivity contribution in [2.75, 3.05) is 26.4 Å². The van der Waals surface area contributed by atoms with E-state index in [-0.39, 0.29) is 0 Å². The van der Waals surface area contributed by atoms with Gasteiger partial charge in [-0.15, -0.1) is 0 Å². The van der Waals surface area contributed by atoms with E-state index in [1.165, 1.54) is 44.4 Å². The number of hydrogen-bond acceptors (Lipinski definition) is 3. The Balaban J connectivity index is 2.19. The smallest absolute Gasteiger partial charge is 0.0199 e. The van der Waals surface area contributed by atoms with Gasteiger partial charge in [0.15, 0.2) is 0 Å². The van der Waals surface area contributed by atoms with Crippen molar-refractivity contribution < 1.29 is 0 Å². The minimum absolute atomic E-state index is 0.449. The zero-order chi connectivity index (χ0) is 10.4. The highest BCUT2D eigenvalue weighted by Gasteiger charge is 2.20. The van der Waals surface area contributed by atoms with Gasteiger partial charge in [-0.05, 0) is 26.9 Å². The van der Waals surface area contributed by atoms with Crippen molar-refractivity contribution in [3.8, 4) is 0 Å². The first kappa shape index (κ1) is 12.3. The summed E-state index contributed by atoms with van der Waals surface area (Å²) in [6, 6.07) is 0.449. The van der Waals surface area contributed by atoms with Crippen LogP contribution in [0.2, 0.25) is 0 Å². The zero-order valence-corrected chi connectivity index (χ0v) is 10.4. The van der Waals surface area contributed by atoms with Crippen LogP contribution < -0.4 is 5.73 Å². The van der Waals surface area contributed by atoms with Gasteiger partial charge in [-0.2, -0.15) is 11.8 Å². The molecule has 0 aliphatic heterocycles. The van der Waals surface area contributed by atoms with Gasteiger partial charge in [0.1, 0.15) is 0 Å². The van der Waals surface area contributed by atoms with Crippen LogP contribution in [0.5, 0.6) is 0 Å². The quantitative estimate of drug-likeness (QED) is 0.728. The molecule has 2 N–H and O–H groups in total. The molecule has 1 fully saturated rings. The van der Waals surface area contributed by atoms with Gasteiger partial charge in [0, 0.05) is 23.6 Å². The number of hydrogen-bond donors (Lipinski definition) is 1. The van der Waals surface area contributed by atoms with Crippen LogP contribution in [0.3, 0.4) is 0 Å². The molecule has 0 bridgehead atoms. The Morgan fingerprint density at radius 3 is 2.64 bits per heavy atom. The van der Waals surface area contributed by atoms with E-state index in [4.69, 9.17) is 5.73 Å². The van der Waals surface area contributed by atoms with E-state index in [0.717, 1.165) is 5.25 Å². The summed E-state index contributed by atoms with van der Waals surface area (Å²) >= 11 is 2.08. The van der Waals surface area contributed by atoms with Gasteiger partial charge in [0.25, 0.3) is 0 Å². The fraction of sp³-hybridized carbons (Fsp3) is 1.00. The second-order valence-corrected chi connectivity index (χ2v) is 5.86. The largest absolute Gasteiger partial charge is 0.327 e. The fourth-order valence-corrected chi connectivity index (χ4v) is 3.39. The van der Waals surface area contributed by atoms with Crippen molar-refractivity contribution in [2.24, 2.45) is 5.73 Å².